The zero-order valence-corrected chi connectivity index (χ0v) is 11.5. The van der Waals surface area contributed by atoms with Gasteiger partial charge in [-0.15, -0.1) is 0 Å². The highest BCUT2D eigenvalue weighted by Crippen LogP contribution is 2.12. The van der Waals surface area contributed by atoms with E-state index in [1.54, 1.807) is 6.92 Å². The molecule has 5 heteroatoms. The van der Waals surface area contributed by atoms with E-state index in [1.807, 2.05) is 16.7 Å². The Kier molecular flexibility index (Phi) is 5.25. The van der Waals surface area contributed by atoms with Crippen LogP contribution in [0.2, 0.25) is 0 Å². The molecule has 1 fully saturated rings. The average molecular weight is 291 g/mol. The largest absolute Gasteiger partial charge is 0.341 e. The molecular weight excluding hydrogens is 272 g/mol. The predicted octanol–water partition coefficient (Wildman–Crippen LogP) is 1.24. The number of nitrogens with zero attached hydrogens (tertiary/aromatic N) is 2. The zero-order chi connectivity index (χ0) is 12.1. The van der Waals surface area contributed by atoms with E-state index in [0.29, 0.717) is 13.1 Å². The van der Waals surface area contributed by atoms with Gasteiger partial charge in [0.05, 0.1) is 4.83 Å². The second-order valence-electron chi connectivity index (χ2n) is 4.06. The summed E-state index contributed by atoms with van der Waals surface area (Å²) in [5.41, 5.74) is 0. The van der Waals surface area contributed by atoms with Crippen molar-refractivity contribution in [3.8, 4) is 0 Å². The fourth-order valence-electron chi connectivity index (χ4n) is 1.83. The van der Waals surface area contributed by atoms with Crippen LogP contribution in [0, 0.1) is 0 Å². The molecule has 1 aliphatic rings. The minimum Gasteiger partial charge on any atom is -0.341 e. The van der Waals surface area contributed by atoms with Gasteiger partial charge in [0, 0.05) is 33.1 Å². The van der Waals surface area contributed by atoms with Crippen LogP contribution in [0.4, 0.5) is 0 Å². The molecule has 0 aromatic rings. The van der Waals surface area contributed by atoms with Crippen molar-refractivity contribution in [2.24, 2.45) is 0 Å². The molecule has 0 saturated carbocycles. The summed E-state index contributed by atoms with van der Waals surface area (Å²) >= 11 is 3.38. The van der Waals surface area contributed by atoms with E-state index in [2.05, 4.69) is 15.9 Å². The van der Waals surface area contributed by atoms with Gasteiger partial charge in [0.2, 0.25) is 11.8 Å². The van der Waals surface area contributed by atoms with Crippen LogP contribution in [-0.2, 0) is 9.59 Å². The van der Waals surface area contributed by atoms with Crippen LogP contribution in [0.25, 0.3) is 0 Å². The Morgan fingerprint density at radius 3 is 2.31 bits per heavy atom. The molecule has 1 rings (SSSR count). The molecule has 16 heavy (non-hydrogen) atoms. The Morgan fingerprint density at radius 2 is 1.75 bits per heavy atom. The van der Waals surface area contributed by atoms with Gasteiger partial charge < -0.3 is 9.80 Å². The van der Waals surface area contributed by atoms with Gasteiger partial charge in [-0.3, -0.25) is 9.59 Å². The Labute approximate surface area is 105 Å². The Morgan fingerprint density at radius 1 is 1.19 bits per heavy atom. The number of hydrogen-bond donors (Lipinski definition) is 0. The van der Waals surface area contributed by atoms with Crippen molar-refractivity contribution in [3.63, 3.8) is 0 Å². The first kappa shape index (κ1) is 13.5. The number of carbonyl (C=O) groups excluding carboxylic acids is 2. The molecule has 0 N–H and O–H groups in total. The smallest absolute Gasteiger partial charge is 0.236 e. The number of alkyl halides is 1. The molecule has 2 amide bonds. The molecule has 1 heterocycles. The lowest BCUT2D eigenvalue weighted by atomic mass is 10.3. The van der Waals surface area contributed by atoms with Gasteiger partial charge in [-0.2, -0.15) is 0 Å². The SMILES string of the molecule is CCC(Br)C(=O)N1CCCN(C(C)=O)CC1. The summed E-state index contributed by atoms with van der Waals surface area (Å²) in [6, 6.07) is 0. The van der Waals surface area contributed by atoms with E-state index < -0.39 is 0 Å². The Hall–Kier alpha value is -0.580. The van der Waals surface area contributed by atoms with Gasteiger partial charge in [0.15, 0.2) is 0 Å². The van der Waals surface area contributed by atoms with Crippen LogP contribution in [0.3, 0.4) is 0 Å². The van der Waals surface area contributed by atoms with Gasteiger partial charge in [-0.1, -0.05) is 22.9 Å². The predicted molar refractivity (Wildman–Crippen MR) is 66.5 cm³/mol. The molecular formula is C11H19BrN2O2. The Bertz CT molecular complexity index is 271. The van der Waals surface area contributed by atoms with Crippen molar-refractivity contribution in [2.75, 3.05) is 26.2 Å². The minimum atomic E-state index is -0.0867. The zero-order valence-electron chi connectivity index (χ0n) is 9.91. The number of hydrogen-bond acceptors (Lipinski definition) is 2. The van der Waals surface area contributed by atoms with Gasteiger partial charge in [-0.05, 0) is 12.8 Å². The number of rotatable bonds is 2. The highest BCUT2D eigenvalue weighted by atomic mass is 79.9. The minimum absolute atomic E-state index is 0.0867. The van der Waals surface area contributed by atoms with Crippen molar-refractivity contribution in [3.05, 3.63) is 0 Å². The van der Waals surface area contributed by atoms with Crippen molar-refractivity contribution in [1.82, 2.24) is 9.80 Å². The summed E-state index contributed by atoms with van der Waals surface area (Å²) in [5.74, 6) is 0.244. The van der Waals surface area contributed by atoms with Crippen LogP contribution < -0.4 is 0 Å². The lowest BCUT2D eigenvalue weighted by Crippen LogP contribution is -2.39. The van der Waals surface area contributed by atoms with Gasteiger partial charge in [-0.25, -0.2) is 0 Å². The second kappa shape index (κ2) is 6.23. The van der Waals surface area contributed by atoms with E-state index in [-0.39, 0.29) is 16.6 Å². The molecule has 0 radical (unpaired) electrons. The molecule has 0 bridgehead atoms. The standard InChI is InChI=1S/C11H19BrN2O2/c1-3-10(12)11(16)14-6-4-5-13(7-8-14)9(2)15/h10H,3-8H2,1-2H3. The fraction of sp³-hybridized carbons (Fsp3) is 0.818. The van der Waals surface area contributed by atoms with E-state index in [1.165, 1.54) is 0 Å². The van der Waals surface area contributed by atoms with E-state index in [9.17, 15) is 9.59 Å². The third-order valence-corrected chi connectivity index (χ3v) is 3.92. The first-order chi connectivity index (χ1) is 7.56. The average Bonchev–Trinajstić information content (AvgIpc) is 2.52. The molecule has 1 atom stereocenters. The number of carbonyl (C=O) groups is 2. The van der Waals surface area contributed by atoms with E-state index >= 15 is 0 Å². The van der Waals surface area contributed by atoms with Gasteiger partial charge in [0.1, 0.15) is 0 Å². The van der Waals surface area contributed by atoms with Crippen LogP contribution >= 0.6 is 15.9 Å². The fourth-order valence-corrected chi connectivity index (χ4v) is 2.12. The maximum absolute atomic E-state index is 11.9. The molecule has 0 spiro atoms. The lowest BCUT2D eigenvalue weighted by molar-refractivity contribution is -0.132. The maximum Gasteiger partial charge on any atom is 0.236 e. The lowest BCUT2D eigenvalue weighted by Gasteiger charge is -2.23. The van der Waals surface area contributed by atoms with Crippen LogP contribution in [0.15, 0.2) is 0 Å². The molecule has 92 valence electrons. The molecule has 0 aliphatic carbocycles. The monoisotopic (exact) mass is 290 g/mol. The summed E-state index contributed by atoms with van der Waals surface area (Å²) < 4.78 is 0. The van der Waals surface area contributed by atoms with E-state index in [4.69, 9.17) is 0 Å². The van der Waals surface area contributed by atoms with Crippen molar-refractivity contribution >= 4 is 27.7 Å². The molecule has 0 aromatic heterocycles. The second-order valence-corrected chi connectivity index (χ2v) is 5.17. The van der Waals surface area contributed by atoms with Gasteiger partial charge in [0.25, 0.3) is 0 Å². The summed E-state index contributed by atoms with van der Waals surface area (Å²) in [4.78, 5) is 26.7. The normalized spacial score (nSPS) is 19.2. The first-order valence-electron chi connectivity index (χ1n) is 5.74. The van der Waals surface area contributed by atoms with Crippen LogP contribution in [0.5, 0.6) is 0 Å². The molecule has 4 nitrogen and oxygen atoms in total. The van der Waals surface area contributed by atoms with Crippen molar-refractivity contribution in [2.45, 2.75) is 31.5 Å². The first-order valence-corrected chi connectivity index (χ1v) is 6.66. The molecule has 0 aromatic carbocycles. The quantitative estimate of drug-likeness (QED) is 0.718. The summed E-state index contributed by atoms with van der Waals surface area (Å²) in [6.45, 7) is 6.39. The van der Waals surface area contributed by atoms with Crippen molar-refractivity contribution in [1.29, 1.82) is 0 Å². The third-order valence-electron chi connectivity index (χ3n) is 2.88. The van der Waals surface area contributed by atoms with E-state index in [0.717, 1.165) is 25.9 Å². The third kappa shape index (κ3) is 3.47. The molecule has 1 unspecified atom stereocenters. The maximum atomic E-state index is 11.9. The number of halogens is 1. The van der Waals surface area contributed by atoms with Crippen LogP contribution in [-0.4, -0.2) is 52.6 Å². The highest BCUT2D eigenvalue weighted by molar-refractivity contribution is 9.10. The number of amides is 2. The Balaban J connectivity index is 2.53. The summed E-state index contributed by atoms with van der Waals surface area (Å²) in [7, 11) is 0. The molecule has 1 saturated heterocycles. The topological polar surface area (TPSA) is 40.6 Å². The van der Waals surface area contributed by atoms with Crippen LogP contribution in [0.1, 0.15) is 26.7 Å². The highest BCUT2D eigenvalue weighted by Gasteiger charge is 2.23. The van der Waals surface area contributed by atoms with Gasteiger partial charge >= 0.3 is 0 Å². The summed E-state index contributed by atoms with van der Waals surface area (Å²) in [6.07, 6.45) is 1.67. The van der Waals surface area contributed by atoms with Crippen molar-refractivity contribution < 1.29 is 9.59 Å². The summed E-state index contributed by atoms with van der Waals surface area (Å²) in [5, 5.41) is 0. The molecule has 1 aliphatic heterocycles.